The van der Waals surface area contributed by atoms with Crippen LogP contribution in [0.2, 0.25) is 0 Å². The topological polar surface area (TPSA) is 0 Å². The van der Waals surface area contributed by atoms with Crippen molar-refractivity contribution in [2.45, 2.75) is 0 Å². The third-order valence-electron chi connectivity index (χ3n) is 4.97. The van der Waals surface area contributed by atoms with Gasteiger partial charge in [0.15, 0.2) is 8.07 Å². The van der Waals surface area contributed by atoms with Crippen LogP contribution in [0.3, 0.4) is 0 Å². The van der Waals surface area contributed by atoms with E-state index in [1.54, 1.807) is 0 Å². The predicted octanol–water partition coefficient (Wildman–Crippen LogP) is 4.27. The minimum Gasteiger partial charge on any atom is -0.0623 e. The molecule has 0 unspecified atom stereocenters. The van der Waals surface area contributed by atoms with Crippen molar-refractivity contribution in [3.8, 4) is 0 Å². The molecule has 27 heavy (non-hydrogen) atoms. The van der Waals surface area contributed by atoms with Gasteiger partial charge in [0, 0.05) is 7.14 Å². The first-order valence-corrected chi connectivity index (χ1v) is 13.0. The molecule has 0 radical (unpaired) electrons. The molecule has 0 aromatic heterocycles. The minimum absolute atomic E-state index is 1.27. The lowest BCUT2D eigenvalue weighted by Crippen LogP contribution is -2.74. The van der Waals surface area contributed by atoms with Gasteiger partial charge in [-0.25, -0.2) is 0 Å². The van der Waals surface area contributed by atoms with E-state index in [4.69, 9.17) is 0 Å². The van der Waals surface area contributed by atoms with Gasteiger partial charge in [-0.3, -0.25) is 0 Å². The fourth-order valence-electron chi connectivity index (χ4n) is 3.78. The van der Waals surface area contributed by atoms with Gasteiger partial charge in [0.25, 0.3) is 0 Å². The van der Waals surface area contributed by atoms with Gasteiger partial charge in [-0.1, -0.05) is 84.9 Å². The van der Waals surface area contributed by atoms with Crippen LogP contribution in [0.4, 0.5) is 0 Å². The average molecular weight is 588 g/mol. The maximum absolute atomic E-state index is 2.39. The van der Waals surface area contributed by atoms with E-state index < -0.39 is 8.07 Å². The Morgan fingerprint density at radius 3 is 1.00 bits per heavy atom. The quantitative estimate of drug-likeness (QED) is 0.190. The van der Waals surface area contributed by atoms with E-state index in [9.17, 15) is 0 Å². The number of hydrogen-bond acceptors (Lipinski definition) is 0. The van der Waals surface area contributed by atoms with E-state index in [2.05, 4.69) is 154 Å². The highest BCUT2D eigenvalue weighted by molar-refractivity contribution is 14.1. The van der Waals surface area contributed by atoms with Gasteiger partial charge in [-0.05, 0) is 90.2 Å². The summed E-state index contributed by atoms with van der Waals surface area (Å²) < 4.78 is 2.53. The first-order valence-electron chi connectivity index (χ1n) is 8.84. The predicted molar refractivity (Wildman–Crippen MR) is 135 cm³/mol. The lowest BCUT2D eigenvalue weighted by molar-refractivity contribution is 1.63. The Hall–Kier alpha value is -1.44. The van der Waals surface area contributed by atoms with Crippen LogP contribution in [-0.4, -0.2) is 8.07 Å². The van der Waals surface area contributed by atoms with E-state index in [1.807, 2.05) is 0 Å². The molecule has 3 heteroatoms. The van der Waals surface area contributed by atoms with Gasteiger partial charge in [0.1, 0.15) is 0 Å². The zero-order chi connectivity index (χ0) is 18.7. The first kappa shape index (κ1) is 18.9. The second-order valence-electron chi connectivity index (χ2n) is 6.50. The third kappa shape index (κ3) is 3.64. The van der Waals surface area contributed by atoms with Crippen LogP contribution in [0.5, 0.6) is 0 Å². The smallest absolute Gasteiger partial charge is 0.0623 e. The van der Waals surface area contributed by atoms with E-state index in [1.165, 1.54) is 27.9 Å². The van der Waals surface area contributed by atoms with Gasteiger partial charge in [-0.2, -0.15) is 0 Å². The summed E-state index contributed by atoms with van der Waals surface area (Å²) in [6.45, 7) is 0. The van der Waals surface area contributed by atoms with Gasteiger partial charge >= 0.3 is 0 Å². The van der Waals surface area contributed by atoms with Crippen molar-refractivity contribution in [1.29, 1.82) is 0 Å². The van der Waals surface area contributed by atoms with E-state index >= 15 is 0 Å². The highest BCUT2D eigenvalue weighted by atomic mass is 127. The molecule has 4 aromatic rings. The first-order chi connectivity index (χ1) is 13.2. The molecule has 0 aliphatic heterocycles. The largest absolute Gasteiger partial charge is 0.179 e. The standard InChI is InChI=1S/C24H18I2Si/c25-19-11-15-23(16-12-19)27(21-7-3-1-4-8-21,22-9-5-2-6-10-22)24-17-13-20(26)14-18-24/h1-18H. The van der Waals surface area contributed by atoms with Crippen LogP contribution >= 0.6 is 45.2 Å². The molecule has 0 nitrogen and oxygen atoms in total. The Labute approximate surface area is 189 Å². The van der Waals surface area contributed by atoms with Gasteiger partial charge in [0.05, 0.1) is 0 Å². The highest BCUT2D eigenvalue weighted by Crippen LogP contribution is 2.12. The summed E-state index contributed by atoms with van der Waals surface area (Å²) in [5.74, 6) is 0. The summed E-state index contributed by atoms with van der Waals surface area (Å²) in [5.41, 5.74) is 0. The fraction of sp³-hybridized carbons (Fsp3) is 0. The average Bonchev–Trinajstić information content (AvgIpc) is 2.73. The zero-order valence-electron chi connectivity index (χ0n) is 14.6. The van der Waals surface area contributed by atoms with Gasteiger partial charge in [-0.15, -0.1) is 0 Å². The number of hydrogen-bond donors (Lipinski definition) is 0. The SMILES string of the molecule is Ic1ccc([Si](c2ccccc2)(c2ccccc2)c2ccc(I)cc2)cc1. The van der Waals surface area contributed by atoms with Crippen molar-refractivity contribution in [3.05, 3.63) is 116 Å². The molecule has 0 heterocycles. The van der Waals surface area contributed by atoms with Crippen LogP contribution in [0, 0.1) is 7.14 Å². The fourth-order valence-corrected chi connectivity index (χ4v) is 9.21. The molecule has 0 aliphatic carbocycles. The molecular weight excluding hydrogens is 570 g/mol. The molecule has 0 aliphatic rings. The van der Waals surface area contributed by atoms with Crippen LogP contribution in [0.1, 0.15) is 0 Å². The summed E-state index contributed by atoms with van der Waals surface area (Å²) in [5, 5.41) is 5.67. The summed E-state index contributed by atoms with van der Waals surface area (Å²) in [6, 6.07) is 40.3. The highest BCUT2D eigenvalue weighted by Gasteiger charge is 2.41. The molecule has 4 aromatic carbocycles. The van der Waals surface area contributed by atoms with Crippen molar-refractivity contribution < 1.29 is 0 Å². The zero-order valence-corrected chi connectivity index (χ0v) is 20.0. The van der Waals surface area contributed by atoms with E-state index in [0.29, 0.717) is 0 Å². The normalized spacial score (nSPS) is 11.3. The molecule has 0 fully saturated rings. The molecule has 0 amide bonds. The van der Waals surface area contributed by atoms with Crippen molar-refractivity contribution in [1.82, 2.24) is 0 Å². The summed E-state index contributed by atoms with van der Waals surface area (Å²) in [6.07, 6.45) is 0. The summed E-state index contributed by atoms with van der Waals surface area (Å²) in [4.78, 5) is 0. The summed E-state index contributed by atoms with van der Waals surface area (Å²) >= 11 is 4.78. The maximum Gasteiger partial charge on any atom is 0.179 e. The molecular formula is C24H18I2Si. The van der Waals surface area contributed by atoms with Crippen molar-refractivity contribution >= 4 is 74.0 Å². The number of benzene rings is 4. The second-order valence-corrected chi connectivity index (χ2v) is 12.8. The van der Waals surface area contributed by atoms with Gasteiger partial charge in [0.2, 0.25) is 0 Å². The Bertz CT molecular complexity index is 924. The third-order valence-corrected chi connectivity index (χ3v) is 11.2. The second kappa shape index (κ2) is 8.28. The van der Waals surface area contributed by atoms with Crippen molar-refractivity contribution in [2.24, 2.45) is 0 Å². The molecule has 0 N–H and O–H groups in total. The Balaban J connectivity index is 2.11. The summed E-state index contributed by atoms with van der Waals surface area (Å²) in [7, 11) is -2.35. The molecule has 0 spiro atoms. The molecule has 132 valence electrons. The molecule has 0 saturated heterocycles. The van der Waals surface area contributed by atoms with Crippen LogP contribution < -0.4 is 20.7 Å². The maximum atomic E-state index is 2.39. The monoisotopic (exact) mass is 588 g/mol. The number of halogens is 2. The van der Waals surface area contributed by atoms with Gasteiger partial charge < -0.3 is 0 Å². The Morgan fingerprint density at radius 1 is 0.370 bits per heavy atom. The van der Waals surface area contributed by atoms with Crippen molar-refractivity contribution in [2.75, 3.05) is 0 Å². The van der Waals surface area contributed by atoms with Crippen LogP contribution in [-0.2, 0) is 0 Å². The number of rotatable bonds is 4. The Kier molecular flexibility index (Phi) is 5.80. The molecule has 0 bridgehead atoms. The van der Waals surface area contributed by atoms with Crippen LogP contribution in [0.25, 0.3) is 0 Å². The van der Waals surface area contributed by atoms with Crippen molar-refractivity contribution in [3.63, 3.8) is 0 Å². The van der Waals surface area contributed by atoms with Crippen LogP contribution in [0.15, 0.2) is 109 Å². The molecule has 0 saturated carbocycles. The van der Waals surface area contributed by atoms with E-state index in [0.717, 1.165) is 0 Å². The Morgan fingerprint density at radius 2 is 0.667 bits per heavy atom. The lowest BCUT2D eigenvalue weighted by atomic mass is 10.3. The molecule has 0 atom stereocenters. The minimum atomic E-state index is -2.35. The lowest BCUT2D eigenvalue weighted by Gasteiger charge is -2.34. The molecule has 4 rings (SSSR count). The van der Waals surface area contributed by atoms with E-state index in [-0.39, 0.29) is 0 Å².